The molecule has 0 radical (unpaired) electrons. The fourth-order valence-corrected chi connectivity index (χ4v) is 1.96. The highest BCUT2D eigenvalue weighted by molar-refractivity contribution is 5.86. The summed E-state index contributed by atoms with van der Waals surface area (Å²) in [5.41, 5.74) is 3.90. The third-order valence-corrected chi connectivity index (χ3v) is 3.02. The van der Waals surface area contributed by atoms with Crippen LogP contribution in [0, 0.1) is 0 Å². The van der Waals surface area contributed by atoms with E-state index in [-0.39, 0.29) is 11.5 Å². The first kappa shape index (κ1) is 12.9. The van der Waals surface area contributed by atoms with Gasteiger partial charge in [-0.2, -0.15) is 5.10 Å². The number of nitrogens with one attached hydrogen (secondary N) is 1. The third kappa shape index (κ3) is 2.76. The van der Waals surface area contributed by atoms with Gasteiger partial charge in [-0.05, 0) is 30.3 Å². The Morgan fingerprint density at radius 2 is 1.71 bits per heavy atom. The van der Waals surface area contributed by atoms with Gasteiger partial charge in [-0.25, -0.2) is 4.98 Å². The first-order valence-corrected chi connectivity index (χ1v) is 6.40. The van der Waals surface area contributed by atoms with Gasteiger partial charge in [0.2, 0.25) is 0 Å². The molecule has 0 aliphatic carbocycles. The van der Waals surface area contributed by atoms with Gasteiger partial charge < -0.3 is 10.2 Å². The Balaban J connectivity index is 1.82. The molecule has 0 aliphatic heterocycles. The van der Waals surface area contributed by atoms with E-state index in [1.54, 1.807) is 36.4 Å². The Morgan fingerprint density at radius 3 is 2.57 bits per heavy atom. The number of hydrogen-bond donors (Lipinski definition) is 3. The number of aromatic nitrogens is 1. The Morgan fingerprint density at radius 1 is 0.905 bits per heavy atom. The van der Waals surface area contributed by atoms with Crippen LogP contribution in [-0.2, 0) is 0 Å². The van der Waals surface area contributed by atoms with E-state index >= 15 is 0 Å². The fourth-order valence-electron chi connectivity index (χ4n) is 1.96. The minimum atomic E-state index is 0.126. The quantitative estimate of drug-likeness (QED) is 0.508. The lowest BCUT2D eigenvalue weighted by atomic mass is 10.2. The van der Waals surface area contributed by atoms with E-state index in [0.717, 1.165) is 5.39 Å². The van der Waals surface area contributed by atoms with Crippen molar-refractivity contribution in [3.8, 4) is 11.5 Å². The average molecular weight is 279 g/mol. The van der Waals surface area contributed by atoms with Crippen LogP contribution in [0.15, 0.2) is 59.7 Å². The second kappa shape index (κ2) is 5.50. The average Bonchev–Trinajstić information content (AvgIpc) is 2.50. The van der Waals surface area contributed by atoms with E-state index in [4.69, 9.17) is 0 Å². The Bertz CT molecular complexity index is 815. The lowest BCUT2D eigenvalue weighted by Gasteiger charge is -2.03. The summed E-state index contributed by atoms with van der Waals surface area (Å²) in [6, 6.07) is 15.7. The minimum Gasteiger partial charge on any atom is -0.507 e. The van der Waals surface area contributed by atoms with Crippen molar-refractivity contribution >= 4 is 22.9 Å². The molecular weight excluding hydrogens is 266 g/mol. The molecule has 104 valence electrons. The van der Waals surface area contributed by atoms with Gasteiger partial charge in [0.1, 0.15) is 22.8 Å². The molecule has 0 aliphatic rings. The Labute approximate surface area is 121 Å². The van der Waals surface area contributed by atoms with Crippen molar-refractivity contribution in [2.24, 2.45) is 5.10 Å². The lowest BCUT2D eigenvalue weighted by molar-refractivity contribution is 0.474. The molecule has 1 heterocycles. The summed E-state index contributed by atoms with van der Waals surface area (Å²) in [7, 11) is 0. The van der Waals surface area contributed by atoms with Gasteiger partial charge in [0, 0.05) is 10.9 Å². The number of anilines is 1. The molecule has 3 rings (SSSR count). The molecule has 5 nitrogen and oxygen atoms in total. The summed E-state index contributed by atoms with van der Waals surface area (Å²) < 4.78 is 0. The maximum Gasteiger partial charge on any atom is 0.147 e. The Kier molecular flexibility index (Phi) is 3.39. The molecule has 0 bridgehead atoms. The van der Waals surface area contributed by atoms with Crippen LogP contribution in [0.5, 0.6) is 11.5 Å². The molecule has 0 unspecified atom stereocenters. The highest BCUT2D eigenvalue weighted by Gasteiger charge is 2.02. The van der Waals surface area contributed by atoms with Crippen molar-refractivity contribution in [3.05, 3.63) is 60.2 Å². The van der Waals surface area contributed by atoms with Crippen LogP contribution in [0.2, 0.25) is 0 Å². The second-order valence-electron chi connectivity index (χ2n) is 4.47. The number of phenols is 2. The SMILES string of the molecule is Oc1ccccc1/C=N\Nc1ccc2cccc(O)c2n1. The van der Waals surface area contributed by atoms with Crippen molar-refractivity contribution < 1.29 is 10.2 Å². The van der Waals surface area contributed by atoms with Crippen LogP contribution >= 0.6 is 0 Å². The largest absolute Gasteiger partial charge is 0.507 e. The summed E-state index contributed by atoms with van der Waals surface area (Å²) in [5, 5.41) is 24.3. The highest BCUT2D eigenvalue weighted by atomic mass is 16.3. The van der Waals surface area contributed by atoms with E-state index in [1.165, 1.54) is 6.21 Å². The monoisotopic (exact) mass is 279 g/mol. The van der Waals surface area contributed by atoms with Crippen molar-refractivity contribution in [2.45, 2.75) is 0 Å². The lowest BCUT2D eigenvalue weighted by Crippen LogP contribution is -1.94. The minimum absolute atomic E-state index is 0.126. The number of nitrogens with zero attached hydrogens (tertiary/aromatic N) is 2. The molecule has 2 aromatic carbocycles. The maximum absolute atomic E-state index is 9.77. The molecule has 3 N–H and O–H groups in total. The van der Waals surface area contributed by atoms with Crippen molar-refractivity contribution in [3.63, 3.8) is 0 Å². The zero-order valence-electron chi connectivity index (χ0n) is 11.1. The predicted octanol–water partition coefficient (Wildman–Crippen LogP) is 3.09. The van der Waals surface area contributed by atoms with Crippen LogP contribution in [0.4, 0.5) is 5.82 Å². The number of phenolic OH excluding ortho intramolecular Hbond substituents is 2. The molecule has 0 saturated carbocycles. The summed E-state index contributed by atoms with van der Waals surface area (Å²) >= 11 is 0. The van der Waals surface area contributed by atoms with Gasteiger partial charge in [0.05, 0.1) is 6.21 Å². The van der Waals surface area contributed by atoms with Gasteiger partial charge in [-0.15, -0.1) is 0 Å². The van der Waals surface area contributed by atoms with Crippen LogP contribution in [-0.4, -0.2) is 21.4 Å². The van der Waals surface area contributed by atoms with E-state index in [2.05, 4.69) is 15.5 Å². The predicted molar refractivity (Wildman–Crippen MR) is 82.7 cm³/mol. The third-order valence-electron chi connectivity index (χ3n) is 3.02. The first-order valence-electron chi connectivity index (χ1n) is 6.40. The highest BCUT2D eigenvalue weighted by Crippen LogP contribution is 2.23. The number of aromatic hydroxyl groups is 2. The first-order chi connectivity index (χ1) is 10.2. The smallest absolute Gasteiger partial charge is 0.147 e. The maximum atomic E-state index is 9.77. The number of pyridine rings is 1. The van der Waals surface area contributed by atoms with Gasteiger partial charge in [-0.1, -0.05) is 24.3 Å². The molecule has 0 fully saturated rings. The van der Waals surface area contributed by atoms with Crippen LogP contribution in [0.1, 0.15) is 5.56 Å². The van der Waals surface area contributed by atoms with Crippen LogP contribution < -0.4 is 5.43 Å². The molecule has 0 saturated heterocycles. The summed E-state index contributed by atoms with van der Waals surface area (Å²) in [5.74, 6) is 0.795. The summed E-state index contributed by atoms with van der Waals surface area (Å²) in [6.07, 6.45) is 1.51. The molecular formula is C16H13N3O2. The van der Waals surface area contributed by atoms with E-state index in [0.29, 0.717) is 16.9 Å². The molecule has 5 heteroatoms. The molecule has 3 aromatic rings. The van der Waals surface area contributed by atoms with Gasteiger partial charge >= 0.3 is 0 Å². The van der Waals surface area contributed by atoms with Crippen LogP contribution in [0.3, 0.4) is 0 Å². The van der Waals surface area contributed by atoms with Gasteiger partial charge in [0.25, 0.3) is 0 Å². The number of benzene rings is 2. The van der Waals surface area contributed by atoms with Gasteiger partial charge in [0.15, 0.2) is 0 Å². The number of hydrogen-bond acceptors (Lipinski definition) is 5. The molecule has 21 heavy (non-hydrogen) atoms. The summed E-state index contributed by atoms with van der Waals surface area (Å²) in [6.45, 7) is 0. The van der Waals surface area contributed by atoms with Crippen molar-refractivity contribution in [2.75, 3.05) is 5.43 Å². The van der Waals surface area contributed by atoms with Crippen molar-refractivity contribution in [1.82, 2.24) is 4.98 Å². The molecule has 0 amide bonds. The molecule has 1 aromatic heterocycles. The summed E-state index contributed by atoms with van der Waals surface area (Å²) in [4.78, 5) is 4.29. The zero-order valence-corrected chi connectivity index (χ0v) is 11.1. The molecule has 0 atom stereocenters. The van der Waals surface area contributed by atoms with Crippen LogP contribution in [0.25, 0.3) is 10.9 Å². The second-order valence-corrected chi connectivity index (χ2v) is 4.47. The Hall–Kier alpha value is -3.08. The van der Waals surface area contributed by atoms with Gasteiger partial charge in [-0.3, -0.25) is 5.43 Å². The normalized spacial score (nSPS) is 11.0. The van der Waals surface area contributed by atoms with Crippen molar-refractivity contribution in [1.29, 1.82) is 0 Å². The van der Waals surface area contributed by atoms with E-state index in [9.17, 15) is 10.2 Å². The standard InChI is InChI=1S/C16H13N3O2/c20-13-6-2-1-4-12(13)10-17-19-15-9-8-11-5-3-7-14(21)16(11)18-15/h1-10,20-21H,(H,18,19)/b17-10-. The number of rotatable bonds is 3. The number of fused-ring (bicyclic) bond motifs is 1. The topological polar surface area (TPSA) is 77.7 Å². The number of hydrazone groups is 1. The van der Waals surface area contributed by atoms with E-state index < -0.39 is 0 Å². The zero-order chi connectivity index (χ0) is 14.7. The molecule has 0 spiro atoms. The fraction of sp³-hybridized carbons (Fsp3) is 0. The number of para-hydroxylation sites is 2. The van der Waals surface area contributed by atoms with E-state index in [1.807, 2.05) is 18.2 Å².